The molecule has 0 saturated heterocycles. The second-order valence-electron chi connectivity index (χ2n) is 6.97. The van der Waals surface area contributed by atoms with Gasteiger partial charge in [-0.15, -0.1) is 0 Å². The van der Waals surface area contributed by atoms with Gasteiger partial charge in [0, 0.05) is 18.5 Å². The fourth-order valence-electron chi connectivity index (χ4n) is 2.93. The van der Waals surface area contributed by atoms with Crippen LogP contribution in [-0.4, -0.2) is 68.2 Å². The number of hydrogen-bond acceptors (Lipinski definition) is 7. The molecule has 1 heterocycles. The standard InChI is InChI=1S/C19H27N5O4/c1-24(2)11-14(8-18(26)27-3)22-17(25)10-15-9-16(23-28-15)12-4-6-13(7-5-12)19(20)21/h4-7,14-15H,8-11H2,1-3H3,(H3,20,21)(H,22,25)/t14-,15?/m1/s1. The zero-order chi connectivity index (χ0) is 20.7. The van der Waals surface area contributed by atoms with Crippen molar-refractivity contribution in [1.82, 2.24) is 10.2 Å². The van der Waals surface area contributed by atoms with E-state index in [4.69, 9.17) is 20.7 Å². The lowest BCUT2D eigenvalue weighted by Crippen LogP contribution is -2.44. The van der Waals surface area contributed by atoms with Crippen LogP contribution in [0.2, 0.25) is 0 Å². The molecule has 1 aromatic rings. The summed E-state index contributed by atoms with van der Waals surface area (Å²) in [5.74, 6) is -0.571. The number of nitrogen functional groups attached to an aromatic ring is 1. The van der Waals surface area contributed by atoms with E-state index in [9.17, 15) is 9.59 Å². The number of amidine groups is 1. The molecule has 0 fully saturated rings. The minimum atomic E-state index is -0.371. The summed E-state index contributed by atoms with van der Waals surface area (Å²) in [4.78, 5) is 31.2. The number of nitrogens with zero attached hydrogens (tertiary/aromatic N) is 2. The summed E-state index contributed by atoms with van der Waals surface area (Å²) in [6, 6.07) is 6.81. The van der Waals surface area contributed by atoms with Gasteiger partial charge in [-0.2, -0.15) is 0 Å². The lowest BCUT2D eigenvalue weighted by Gasteiger charge is -2.22. The Morgan fingerprint density at radius 1 is 1.39 bits per heavy atom. The van der Waals surface area contributed by atoms with Crippen LogP contribution in [0, 0.1) is 5.41 Å². The molecule has 9 heteroatoms. The minimum absolute atomic E-state index is 0.00458. The molecule has 0 spiro atoms. The van der Waals surface area contributed by atoms with Crippen molar-refractivity contribution >= 4 is 23.4 Å². The molecule has 0 aliphatic carbocycles. The Balaban J connectivity index is 1.87. The number of nitrogens with one attached hydrogen (secondary N) is 2. The first-order chi connectivity index (χ1) is 13.3. The Morgan fingerprint density at radius 2 is 2.07 bits per heavy atom. The van der Waals surface area contributed by atoms with Gasteiger partial charge in [-0.05, 0) is 19.7 Å². The van der Waals surface area contributed by atoms with Gasteiger partial charge < -0.3 is 25.5 Å². The third-order valence-corrected chi connectivity index (χ3v) is 4.27. The van der Waals surface area contributed by atoms with Crippen molar-refractivity contribution in [3.05, 3.63) is 35.4 Å². The van der Waals surface area contributed by atoms with Gasteiger partial charge in [0.25, 0.3) is 0 Å². The Bertz CT molecular complexity index is 745. The number of methoxy groups -OCH3 is 1. The molecule has 152 valence electrons. The van der Waals surface area contributed by atoms with Gasteiger partial charge in [-0.3, -0.25) is 15.0 Å². The third-order valence-electron chi connectivity index (χ3n) is 4.27. The van der Waals surface area contributed by atoms with E-state index >= 15 is 0 Å². The lowest BCUT2D eigenvalue weighted by molar-refractivity contribution is -0.141. The minimum Gasteiger partial charge on any atom is -0.469 e. The number of amides is 1. The number of carbonyl (C=O) groups is 2. The quantitative estimate of drug-likeness (QED) is 0.320. The number of rotatable bonds is 9. The topological polar surface area (TPSA) is 130 Å². The predicted octanol–water partition coefficient (Wildman–Crippen LogP) is 0.463. The van der Waals surface area contributed by atoms with Crippen molar-refractivity contribution in [2.45, 2.75) is 31.4 Å². The Kier molecular flexibility index (Phi) is 7.51. The van der Waals surface area contributed by atoms with Crippen molar-refractivity contribution in [2.75, 3.05) is 27.7 Å². The van der Waals surface area contributed by atoms with Crippen LogP contribution < -0.4 is 11.1 Å². The van der Waals surface area contributed by atoms with Crippen LogP contribution in [0.25, 0.3) is 0 Å². The Hall–Kier alpha value is -2.94. The molecule has 1 aliphatic rings. The monoisotopic (exact) mass is 389 g/mol. The van der Waals surface area contributed by atoms with E-state index in [1.54, 1.807) is 12.1 Å². The summed E-state index contributed by atoms with van der Waals surface area (Å²) < 4.78 is 4.69. The van der Waals surface area contributed by atoms with Gasteiger partial charge in [-0.25, -0.2) is 0 Å². The molecule has 0 saturated carbocycles. The number of benzene rings is 1. The van der Waals surface area contributed by atoms with Crippen LogP contribution >= 0.6 is 0 Å². The summed E-state index contributed by atoms with van der Waals surface area (Å²) in [5, 5.41) is 14.4. The highest BCUT2D eigenvalue weighted by molar-refractivity contribution is 6.02. The van der Waals surface area contributed by atoms with E-state index in [1.165, 1.54) is 7.11 Å². The van der Waals surface area contributed by atoms with E-state index in [-0.39, 0.29) is 42.7 Å². The Morgan fingerprint density at radius 3 is 2.64 bits per heavy atom. The van der Waals surface area contributed by atoms with Gasteiger partial charge in [0.05, 0.1) is 31.7 Å². The van der Waals surface area contributed by atoms with Crippen molar-refractivity contribution in [3.63, 3.8) is 0 Å². The van der Waals surface area contributed by atoms with Gasteiger partial charge in [0.2, 0.25) is 5.91 Å². The van der Waals surface area contributed by atoms with Crippen molar-refractivity contribution in [3.8, 4) is 0 Å². The number of nitrogens with two attached hydrogens (primary N) is 1. The van der Waals surface area contributed by atoms with E-state index in [1.807, 2.05) is 31.1 Å². The molecule has 9 nitrogen and oxygen atoms in total. The summed E-state index contributed by atoms with van der Waals surface area (Å²) in [7, 11) is 5.06. The second kappa shape index (κ2) is 9.84. The van der Waals surface area contributed by atoms with E-state index < -0.39 is 0 Å². The maximum absolute atomic E-state index is 12.4. The van der Waals surface area contributed by atoms with Crippen LogP contribution in [0.4, 0.5) is 0 Å². The molecule has 2 rings (SSSR count). The van der Waals surface area contributed by atoms with Gasteiger partial charge >= 0.3 is 5.97 Å². The molecular weight excluding hydrogens is 362 g/mol. The molecule has 4 N–H and O–H groups in total. The number of likely N-dealkylation sites (N-methyl/N-ethyl adjacent to an activating group) is 1. The number of oxime groups is 1. The van der Waals surface area contributed by atoms with E-state index in [0.717, 1.165) is 11.3 Å². The highest BCUT2D eigenvalue weighted by atomic mass is 16.6. The highest BCUT2D eigenvalue weighted by Gasteiger charge is 2.26. The first-order valence-electron chi connectivity index (χ1n) is 8.97. The molecular formula is C19H27N5O4. The normalized spacial score (nSPS) is 16.9. The summed E-state index contributed by atoms with van der Waals surface area (Å²) in [6.07, 6.45) is 0.391. The molecule has 1 aliphatic heterocycles. The molecule has 0 bridgehead atoms. The molecule has 2 atom stereocenters. The van der Waals surface area contributed by atoms with Crippen LogP contribution in [0.15, 0.2) is 29.4 Å². The summed E-state index contributed by atoms with van der Waals surface area (Å²) in [5.41, 5.74) is 7.70. The largest absolute Gasteiger partial charge is 0.469 e. The van der Waals surface area contributed by atoms with E-state index in [2.05, 4.69) is 10.5 Å². The molecule has 0 aromatic heterocycles. The zero-order valence-electron chi connectivity index (χ0n) is 16.4. The van der Waals surface area contributed by atoms with Crippen molar-refractivity contribution in [1.29, 1.82) is 5.41 Å². The van der Waals surface area contributed by atoms with Gasteiger partial charge in [0.1, 0.15) is 11.9 Å². The smallest absolute Gasteiger partial charge is 0.307 e. The molecule has 28 heavy (non-hydrogen) atoms. The molecule has 0 radical (unpaired) electrons. The fraction of sp³-hybridized carbons (Fsp3) is 0.474. The summed E-state index contributed by atoms with van der Waals surface area (Å²) in [6.45, 7) is 0.524. The average Bonchev–Trinajstić information content (AvgIpc) is 3.09. The number of esters is 1. The number of ether oxygens (including phenoxy) is 1. The number of carbonyl (C=O) groups excluding carboxylic acids is 2. The maximum Gasteiger partial charge on any atom is 0.307 e. The van der Waals surface area contributed by atoms with Crippen molar-refractivity contribution < 1.29 is 19.2 Å². The summed E-state index contributed by atoms with van der Waals surface area (Å²) >= 11 is 0. The van der Waals surface area contributed by atoms with Crippen LogP contribution in [0.3, 0.4) is 0 Å². The second-order valence-corrected chi connectivity index (χ2v) is 6.97. The average molecular weight is 389 g/mol. The van der Waals surface area contributed by atoms with Crippen LogP contribution in [0.1, 0.15) is 30.4 Å². The maximum atomic E-state index is 12.4. The SMILES string of the molecule is COC(=O)C[C@H](CN(C)C)NC(=O)CC1CC(c2ccc(C(=N)N)cc2)=NO1. The molecule has 1 unspecified atom stereocenters. The van der Waals surface area contributed by atoms with Gasteiger partial charge in [-0.1, -0.05) is 29.4 Å². The Labute approximate surface area is 164 Å². The van der Waals surface area contributed by atoms with E-state index in [0.29, 0.717) is 18.5 Å². The van der Waals surface area contributed by atoms with Gasteiger partial charge in [0.15, 0.2) is 0 Å². The molecule has 1 amide bonds. The van der Waals surface area contributed by atoms with Crippen LogP contribution in [-0.2, 0) is 19.2 Å². The zero-order valence-corrected chi connectivity index (χ0v) is 16.4. The predicted molar refractivity (Wildman–Crippen MR) is 105 cm³/mol. The molecule has 1 aromatic carbocycles. The fourth-order valence-corrected chi connectivity index (χ4v) is 2.93. The number of hydrogen-bond donors (Lipinski definition) is 3. The van der Waals surface area contributed by atoms with Crippen LogP contribution in [0.5, 0.6) is 0 Å². The highest BCUT2D eigenvalue weighted by Crippen LogP contribution is 2.19. The first kappa shape index (κ1) is 21.4. The first-order valence-corrected chi connectivity index (χ1v) is 8.97. The third kappa shape index (κ3) is 6.34. The van der Waals surface area contributed by atoms with Crippen molar-refractivity contribution in [2.24, 2.45) is 10.9 Å². The lowest BCUT2D eigenvalue weighted by atomic mass is 10.0.